The monoisotopic (exact) mass is 587 g/mol. The number of fused-ring (bicyclic) bond motifs is 6. The van der Waals surface area contributed by atoms with Gasteiger partial charge in [0.2, 0.25) is 0 Å². The fourth-order valence-corrected chi connectivity index (χ4v) is 6.85. The number of para-hydroxylation sites is 2. The largest absolute Gasteiger partial charge is 0.454 e. The van der Waals surface area contributed by atoms with E-state index in [2.05, 4.69) is 169 Å². The van der Waals surface area contributed by atoms with Crippen molar-refractivity contribution >= 4 is 60.5 Å². The Bertz CT molecular complexity index is 2510. The van der Waals surface area contributed by atoms with Gasteiger partial charge in [-0.2, -0.15) is 0 Å². The Labute approximate surface area is 267 Å². The van der Waals surface area contributed by atoms with Crippen molar-refractivity contribution < 1.29 is 4.42 Å². The van der Waals surface area contributed by atoms with Crippen molar-refractivity contribution in [1.82, 2.24) is 0 Å². The maximum absolute atomic E-state index is 6.54. The smallest absolute Gasteiger partial charge is 0.159 e. The molecule has 0 aliphatic carbocycles. The van der Waals surface area contributed by atoms with Crippen LogP contribution in [0.4, 0.5) is 17.1 Å². The van der Waals surface area contributed by atoms with Crippen LogP contribution in [0.25, 0.3) is 65.7 Å². The Morgan fingerprint density at radius 3 is 1.70 bits per heavy atom. The summed E-state index contributed by atoms with van der Waals surface area (Å²) in [6.07, 6.45) is 0. The van der Waals surface area contributed by atoms with Crippen LogP contribution >= 0.6 is 0 Å². The quantitative estimate of drug-likeness (QED) is 0.186. The highest BCUT2D eigenvalue weighted by molar-refractivity contribution is 6.14. The van der Waals surface area contributed by atoms with Crippen molar-refractivity contribution in [2.24, 2.45) is 0 Å². The summed E-state index contributed by atoms with van der Waals surface area (Å²) < 4.78 is 6.54. The first kappa shape index (κ1) is 26.3. The molecule has 1 aromatic heterocycles. The molecule has 1 heterocycles. The zero-order chi connectivity index (χ0) is 30.5. The van der Waals surface area contributed by atoms with E-state index in [4.69, 9.17) is 4.42 Å². The predicted octanol–water partition coefficient (Wildman–Crippen LogP) is 12.7. The van der Waals surface area contributed by atoms with Crippen molar-refractivity contribution in [3.05, 3.63) is 176 Å². The highest BCUT2D eigenvalue weighted by atomic mass is 16.3. The lowest BCUT2D eigenvalue weighted by atomic mass is 9.93. The third kappa shape index (κ3) is 4.35. The molecule has 8 aromatic carbocycles. The standard InChI is InChI=1S/C44H29NO/c1-2-11-30(12-3-1)31-21-25-34(26-22-31)45(42-19-10-18-40-39-17-8-9-20-43(39)46-44(40)42)35-27-23-32(24-28-35)41-29-33-13-4-5-14-36(33)37-15-6-7-16-38(37)41/h1-29H. The van der Waals surface area contributed by atoms with Crippen LogP contribution in [0, 0.1) is 0 Å². The molecule has 2 nitrogen and oxygen atoms in total. The number of nitrogens with zero attached hydrogens (tertiary/aromatic N) is 1. The van der Waals surface area contributed by atoms with Crippen LogP contribution < -0.4 is 4.90 Å². The average molecular weight is 588 g/mol. The molecule has 9 rings (SSSR count). The molecule has 46 heavy (non-hydrogen) atoms. The van der Waals surface area contributed by atoms with Crippen molar-refractivity contribution in [2.45, 2.75) is 0 Å². The van der Waals surface area contributed by atoms with E-state index < -0.39 is 0 Å². The molecule has 0 bridgehead atoms. The van der Waals surface area contributed by atoms with Gasteiger partial charge in [0.1, 0.15) is 5.58 Å². The van der Waals surface area contributed by atoms with Gasteiger partial charge in [0.15, 0.2) is 5.58 Å². The van der Waals surface area contributed by atoms with Gasteiger partial charge in [0.05, 0.1) is 5.69 Å². The van der Waals surface area contributed by atoms with Gasteiger partial charge in [-0.15, -0.1) is 0 Å². The normalized spacial score (nSPS) is 11.5. The van der Waals surface area contributed by atoms with Crippen molar-refractivity contribution in [3.63, 3.8) is 0 Å². The topological polar surface area (TPSA) is 16.4 Å². The van der Waals surface area contributed by atoms with E-state index in [9.17, 15) is 0 Å². The zero-order valence-corrected chi connectivity index (χ0v) is 25.1. The van der Waals surface area contributed by atoms with Crippen LogP contribution in [0.2, 0.25) is 0 Å². The molecule has 2 heteroatoms. The molecule has 216 valence electrons. The number of hydrogen-bond acceptors (Lipinski definition) is 2. The van der Waals surface area contributed by atoms with E-state index in [0.717, 1.165) is 39.0 Å². The second-order valence-electron chi connectivity index (χ2n) is 11.7. The van der Waals surface area contributed by atoms with Crippen LogP contribution in [0.5, 0.6) is 0 Å². The highest BCUT2D eigenvalue weighted by Gasteiger charge is 2.20. The first-order valence-corrected chi connectivity index (χ1v) is 15.7. The van der Waals surface area contributed by atoms with Crippen molar-refractivity contribution in [1.29, 1.82) is 0 Å². The molecule has 0 fully saturated rings. The minimum Gasteiger partial charge on any atom is -0.454 e. The lowest BCUT2D eigenvalue weighted by Gasteiger charge is -2.26. The molecule has 0 unspecified atom stereocenters. The number of furan rings is 1. The number of benzene rings is 8. The van der Waals surface area contributed by atoms with Gasteiger partial charge in [-0.25, -0.2) is 0 Å². The summed E-state index contributed by atoms with van der Waals surface area (Å²) >= 11 is 0. The Balaban J connectivity index is 1.21. The van der Waals surface area contributed by atoms with Gasteiger partial charge >= 0.3 is 0 Å². The summed E-state index contributed by atoms with van der Waals surface area (Å²) in [5.41, 5.74) is 9.71. The molecule has 0 N–H and O–H groups in total. The summed E-state index contributed by atoms with van der Waals surface area (Å²) in [6.45, 7) is 0. The van der Waals surface area contributed by atoms with Crippen molar-refractivity contribution in [3.8, 4) is 22.3 Å². The molecular weight excluding hydrogens is 558 g/mol. The second-order valence-corrected chi connectivity index (χ2v) is 11.7. The Kier molecular flexibility index (Phi) is 6.17. The maximum Gasteiger partial charge on any atom is 0.159 e. The van der Waals surface area contributed by atoms with E-state index in [1.165, 1.54) is 43.8 Å². The van der Waals surface area contributed by atoms with Gasteiger partial charge in [0.25, 0.3) is 0 Å². The highest BCUT2D eigenvalue weighted by Crippen LogP contribution is 2.43. The Morgan fingerprint density at radius 1 is 0.370 bits per heavy atom. The van der Waals surface area contributed by atoms with Crippen LogP contribution in [0.15, 0.2) is 180 Å². The zero-order valence-electron chi connectivity index (χ0n) is 25.1. The number of hydrogen-bond donors (Lipinski definition) is 0. The molecular formula is C44H29NO. The molecule has 0 saturated heterocycles. The molecule has 0 atom stereocenters. The minimum atomic E-state index is 0.875. The lowest BCUT2D eigenvalue weighted by Crippen LogP contribution is -2.10. The molecule has 0 spiro atoms. The molecule has 0 saturated carbocycles. The van der Waals surface area contributed by atoms with Gasteiger partial charge in [-0.3, -0.25) is 0 Å². The summed E-state index contributed by atoms with van der Waals surface area (Å²) in [5, 5.41) is 7.29. The van der Waals surface area contributed by atoms with Gasteiger partial charge < -0.3 is 9.32 Å². The second kappa shape index (κ2) is 10.8. The fraction of sp³-hybridized carbons (Fsp3) is 0. The number of anilines is 3. The van der Waals surface area contributed by atoms with Crippen molar-refractivity contribution in [2.75, 3.05) is 4.90 Å². The molecule has 0 amide bonds. The first-order chi connectivity index (χ1) is 22.8. The summed E-state index contributed by atoms with van der Waals surface area (Å²) in [6, 6.07) is 62.6. The van der Waals surface area contributed by atoms with E-state index in [-0.39, 0.29) is 0 Å². The summed E-state index contributed by atoms with van der Waals surface area (Å²) in [4.78, 5) is 2.31. The fourth-order valence-electron chi connectivity index (χ4n) is 6.85. The molecule has 0 aliphatic heterocycles. The third-order valence-electron chi connectivity index (χ3n) is 9.06. The Hall–Kier alpha value is -6.12. The summed E-state index contributed by atoms with van der Waals surface area (Å²) in [5.74, 6) is 0. The van der Waals surface area contributed by atoms with Crippen LogP contribution in [0.1, 0.15) is 0 Å². The lowest BCUT2D eigenvalue weighted by molar-refractivity contribution is 0.669. The van der Waals surface area contributed by atoms with Gasteiger partial charge in [0, 0.05) is 22.1 Å². The summed E-state index contributed by atoms with van der Waals surface area (Å²) in [7, 11) is 0. The minimum absolute atomic E-state index is 0.875. The van der Waals surface area contributed by atoms with Crippen LogP contribution in [-0.2, 0) is 0 Å². The molecule has 0 radical (unpaired) electrons. The van der Waals surface area contributed by atoms with Crippen LogP contribution in [0.3, 0.4) is 0 Å². The first-order valence-electron chi connectivity index (χ1n) is 15.7. The average Bonchev–Trinajstić information content (AvgIpc) is 3.52. The molecule has 0 aliphatic rings. The van der Waals surface area contributed by atoms with E-state index in [1.807, 2.05) is 12.1 Å². The van der Waals surface area contributed by atoms with E-state index in [1.54, 1.807) is 0 Å². The van der Waals surface area contributed by atoms with E-state index in [0.29, 0.717) is 0 Å². The third-order valence-corrected chi connectivity index (χ3v) is 9.06. The molecule has 9 aromatic rings. The van der Waals surface area contributed by atoms with Gasteiger partial charge in [-0.05, 0) is 86.3 Å². The predicted molar refractivity (Wildman–Crippen MR) is 194 cm³/mol. The van der Waals surface area contributed by atoms with E-state index >= 15 is 0 Å². The van der Waals surface area contributed by atoms with Gasteiger partial charge in [-0.1, -0.05) is 133 Å². The number of rotatable bonds is 5. The SMILES string of the molecule is c1ccc(-c2ccc(N(c3ccc(-c4cc5ccccc5c5ccccc45)cc3)c3cccc4c3oc3ccccc34)cc2)cc1. The Morgan fingerprint density at radius 2 is 0.935 bits per heavy atom. The maximum atomic E-state index is 6.54. The van der Waals surface area contributed by atoms with Crippen LogP contribution in [-0.4, -0.2) is 0 Å².